The standard InChI is InChI=1S/C19H22ClN7O.ClH/c1-12-14(11-22-27(12)16-6-4-3-5-15(16)20)18(28)24-19-23-17(25-26(19)2)13-7-9-21-10-8-13;/h3-6,11,13,21H,7-10H2,1-2H3,(H,23,24,25,28);1H. The van der Waals surface area contributed by atoms with Crippen LogP contribution in [0.5, 0.6) is 0 Å². The van der Waals surface area contributed by atoms with Gasteiger partial charge in [-0.05, 0) is 45.0 Å². The van der Waals surface area contributed by atoms with E-state index in [9.17, 15) is 4.79 Å². The highest BCUT2D eigenvalue weighted by Gasteiger charge is 2.23. The van der Waals surface area contributed by atoms with E-state index in [1.165, 1.54) is 6.20 Å². The molecular weight excluding hydrogens is 413 g/mol. The zero-order valence-electron chi connectivity index (χ0n) is 16.2. The molecule has 2 aromatic heterocycles. The van der Waals surface area contributed by atoms with Crippen LogP contribution in [0.15, 0.2) is 30.5 Å². The maximum Gasteiger partial charge on any atom is 0.261 e. The minimum atomic E-state index is -0.275. The van der Waals surface area contributed by atoms with Gasteiger partial charge in [-0.1, -0.05) is 23.7 Å². The lowest BCUT2D eigenvalue weighted by atomic mass is 9.98. The smallest absolute Gasteiger partial charge is 0.261 e. The Balaban J connectivity index is 0.00000240. The molecule has 0 spiro atoms. The van der Waals surface area contributed by atoms with Crippen molar-refractivity contribution in [2.75, 3.05) is 18.4 Å². The number of anilines is 1. The molecule has 1 amide bonds. The molecule has 0 saturated carbocycles. The molecular formula is C19H23Cl2N7O. The van der Waals surface area contributed by atoms with Gasteiger partial charge in [0.15, 0.2) is 5.82 Å². The third-order valence-corrected chi connectivity index (χ3v) is 5.36. The Morgan fingerprint density at radius 2 is 2.00 bits per heavy atom. The van der Waals surface area contributed by atoms with E-state index < -0.39 is 0 Å². The van der Waals surface area contributed by atoms with Crippen molar-refractivity contribution >= 4 is 35.9 Å². The molecule has 3 aromatic rings. The first kappa shape index (κ1) is 21.3. The summed E-state index contributed by atoms with van der Waals surface area (Å²) in [7, 11) is 1.78. The van der Waals surface area contributed by atoms with Crippen molar-refractivity contribution in [2.45, 2.75) is 25.7 Å². The average Bonchev–Trinajstić information content (AvgIpc) is 3.26. The molecule has 0 unspecified atom stereocenters. The number of aryl methyl sites for hydroxylation is 1. The molecule has 1 saturated heterocycles. The zero-order valence-corrected chi connectivity index (χ0v) is 17.8. The molecule has 1 aliphatic rings. The number of piperidine rings is 1. The number of nitrogens with zero attached hydrogens (tertiary/aromatic N) is 5. The Hall–Kier alpha value is -2.42. The Labute approximate surface area is 180 Å². The molecule has 3 heterocycles. The Kier molecular flexibility index (Phi) is 6.56. The van der Waals surface area contributed by atoms with Gasteiger partial charge in [0.05, 0.1) is 28.2 Å². The lowest BCUT2D eigenvalue weighted by molar-refractivity contribution is 0.102. The molecule has 0 atom stereocenters. The number of carbonyl (C=O) groups is 1. The topological polar surface area (TPSA) is 89.7 Å². The van der Waals surface area contributed by atoms with Gasteiger partial charge >= 0.3 is 0 Å². The molecule has 8 nitrogen and oxygen atoms in total. The van der Waals surface area contributed by atoms with Gasteiger partial charge in [-0.25, -0.2) is 9.36 Å². The monoisotopic (exact) mass is 435 g/mol. The van der Waals surface area contributed by atoms with Crippen LogP contribution in [-0.4, -0.2) is 43.5 Å². The molecule has 4 rings (SSSR count). The second-order valence-electron chi connectivity index (χ2n) is 6.90. The number of nitrogens with one attached hydrogen (secondary N) is 2. The number of halogens is 2. The number of hydrogen-bond donors (Lipinski definition) is 2. The van der Waals surface area contributed by atoms with E-state index in [1.807, 2.05) is 25.1 Å². The van der Waals surface area contributed by atoms with E-state index in [-0.39, 0.29) is 18.3 Å². The minimum absolute atomic E-state index is 0. The SMILES string of the molecule is Cc1c(C(=O)Nc2nc(C3CCNCC3)nn2C)cnn1-c1ccccc1Cl.Cl. The summed E-state index contributed by atoms with van der Waals surface area (Å²) in [6.07, 6.45) is 3.54. The van der Waals surface area contributed by atoms with Crippen molar-refractivity contribution in [3.05, 3.63) is 52.6 Å². The molecule has 154 valence electrons. The molecule has 1 fully saturated rings. The molecule has 2 N–H and O–H groups in total. The van der Waals surface area contributed by atoms with Crippen LogP contribution in [0.3, 0.4) is 0 Å². The van der Waals surface area contributed by atoms with Gasteiger partial charge in [-0.2, -0.15) is 15.2 Å². The molecule has 1 aliphatic heterocycles. The third kappa shape index (κ3) is 4.29. The first-order valence-electron chi connectivity index (χ1n) is 9.27. The van der Waals surface area contributed by atoms with E-state index in [0.717, 1.165) is 37.4 Å². The maximum atomic E-state index is 12.8. The highest BCUT2D eigenvalue weighted by atomic mass is 35.5. The van der Waals surface area contributed by atoms with Crippen LogP contribution in [0.4, 0.5) is 5.95 Å². The second kappa shape index (κ2) is 8.94. The lowest BCUT2D eigenvalue weighted by Gasteiger charge is -2.19. The number of rotatable bonds is 4. The van der Waals surface area contributed by atoms with E-state index in [0.29, 0.717) is 28.1 Å². The van der Waals surface area contributed by atoms with E-state index in [2.05, 4.69) is 25.8 Å². The second-order valence-corrected chi connectivity index (χ2v) is 7.31. The number of amides is 1. The van der Waals surface area contributed by atoms with Crippen molar-refractivity contribution in [2.24, 2.45) is 7.05 Å². The van der Waals surface area contributed by atoms with E-state index in [1.54, 1.807) is 22.5 Å². The number of aromatic nitrogens is 5. The predicted molar refractivity (Wildman–Crippen MR) is 114 cm³/mol. The summed E-state index contributed by atoms with van der Waals surface area (Å²) in [4.78, 5) is 17.4. The summed E-state index contributed by atoms with van der Waals surface area (Å²) in [5, 5.41) is 15.6. The Bertz CT molecular complexity index is 1010. The Morgan fingerprint density at radius 1 is 1.28 bits per heavy atom. The fraction of sp³-hybridized carbons (Fsp3) is 0.368. The van der Waals surface area contributed by atoms with Crippen LogP contribution < -0.4 is 10.6 Å². The Morgan fingerprint density at radius 3 is 2.72 bits per heavy atom. The van der Waals surface area contributed by atoms with Crippen molar-refractivity contribution in [1.82, 2.24) is 29.9 Å². The van der Waals surface area contributed by atoms with E-state index in [4.69, 9.17) is 11.6 Å². The summed E-state index contributed by atoms with van der Waals surface area (Å²) >= 11 is 6.26. The molecule has 1 aromatic carbocycles. The lowest BCUT2D eigenvalue weighted by Crippen LogP contribution is -2.27. The van der Waals surface area contributed by atoms with Crippen molar-refractivity contribution in [3.8, 4) is 5.69 Å². The highest BCUT2D eigenvalue weighted by molar-refractivity contribution is 6.32. The number of benzene rings is 1. The van der Waals surface area contributed by atoms with Crippen molar-refractivity contribution in [1.29, 1.82) is 0 Å². The van der Waals surface area contributed by atoms with Crippen LogP contribution in [0.25, 0.3) is 5.69 Å². The maximum absolute atomic E-state index is 12.8. The zero-order chi connectivity index (χ0) is 19.7. The van der Waals surface area contributed by atoms with E-state index >= 15 is 0 Å². The largest absolute Gasteiger partial charge is 0.317 e. The van der Waals surface area contributed by atoms with Gasteiger partial charge in [0.2, 0.25) is 5.95 Å². The average molecular weight is 436 g/mol. The molecule has 0 aliphatic carbocycles. The molecule has 29 heavy (non-hydrogen) atoms. The fourth-order valence-electron chi connectivity index (χ4n) is 3.43. The summed E-state index contributed by atoms with van der Waals surface area (Å²) in [6.45, 7) is 3.76. The van der Waals surface area contributed by atoms with Crippen LogP contribution in [0.2, 0.25) is 5.02 Å². The third-order valence-electron chi connectivity index (χ3n) is 5.04. The van der Waals surface area contributed by atoms with Gasteiger partial charge in [0.1, 0.15) is 0 Å². The first-order chi connectivity index (χ1) is 13.5. The highest BCUT2D eigenvalue weighted by Crippen LogP contribution is 2.24. The van der Waals surface area contributed by atoms with Gasteiger partial charge in [-0.3, -0.25) is 10.1 Å². The summed E-state index contributed by atoms with van der Waals surface area (Å²) < 4.78 is 3.28. The normalized spacial score (nSPS) is 14.4. The van der Waals surface area contributed by atoms with Gasteiger partial charge in [0.25, 0.3) is 5.91 Å². The molecule has 0 radical (unpaired) electrons. The number of hydrogen-bond acceptors (Lipinski definition) is 5. The van der Waals surface area contributed by atoms with Crippen LogP contribution in [0.1, 0.15) is 40.6 Å². The van der Waals surface area contributed by atoms with Crippen LogP contribution in [-0.2, 0) is 7.05 Å². The summed E-state index contributed by atoms with van der Waals surface area (Å²) in [5.74, 6) is 1.26. The number of para-hydroxylation sites is 1. The first-order valence-corrected chi connectivity index (χ1v) is 9.65. The van der Waals surface area contributed by atoms with Crippen molar-refractivity contribution in [3.63, 3.8) is 0 Å². The summed E-state index contributed by atoms with van der Waals surface area (Å²) in [6, 6.07) is 7.38. The summed E-state index contributed by atoms with van der Waals surface area (Å²) in [5.41, 5.74) is 1.89. The molecule has 10 heteroatoms. The fourth-order valence-corrected chi connectivity index (χ4v) is 3.65. The van der Waals surface area contributed by atoms with Gasteiger partial charge < -0.3 is 5.32 Å². The van der Waals surface area contributed by atoms with Gasteiger partial charge in [-0.15, -0.1) is 12.4 Å². The quantitative estimate of drug-likeness (QED) is 0.656. The van der Waals surface area contributed by atoms with Crippen molar-refractivity contribution < 1.29 is 4.79 Å². The number of carbonyl (C=O) groups excluding carboxylic acids is 1. The van der Waals surface area contributed by atoms with Crippen LogP contribution >= 0.6 is 24.0 Å². The van der Waals surface area contributed by atoms with Crippen LogP contribution in [0, 0.1) is 6.92 Å². The molecule has 0 bridgehead atoms. The predicted octanol–water partition coefficient (Wildman–Crippen LogP) is 3.10. The van der Waals surface area contributed by atoms with Gasteiger partial charge in [0, 0.05) is 13.0 Å². The minimum Gasteiger partial charge on any atom is -0.317 e.